The van der Waals surface area contributed by atoms with Crippen LogP contribution in [-0.4, -0.2) is 11.7 Å². The first kappa shape index (κ1) is 27.8. The number of amidine groups is 2. The van der Waals surface area contributed by atoms with Crippen molar-refractivity contribution in [1.29, 1.82) is 10.5 Å². The Balaban J connectivity index is 1.34. The molecule has 0 radical (unpaired) electrons. The fraction of sp³-hybridized carbons (Fsp3) is 0.111. The average molecular weight is 577 g/mol. The quantitative estimate of drug-likeness (QED) is 0.191. The van der Waals surface area contributed by atoms with E-state index in [4.69, 9.17) is 21.0 Å². The van der Waals surface area contributed by atoms with E-state index in [9.17, 15) is 5.26 Å². The molecule has 208 valence electrons. The number of nitrogens with zero attached hydrogens (tertiary/aromatic N) is 5. The molecule has 1 unspecified atom stereocenters. The fourth-order valence-corrected chi connectivity index (χ4v) is 6.28. The second-order valence-corrected chi connectivity index (χ2v) is 11.4. The second-order valence-electron chi connectivity index (χ2n) is 10.3. The maximum atomic E-state index is 9.27. The van der Waals surface area contributed by atoms with Crippen LogP contribution in [0.25, 0.3) is 0 Å². The van der Waals surface area contributed by atoms with Crippen molar-refractivity contribution < 1.29 is 0 Å². The number of anilines is 2. The van der Waals surface area contributed by atoms with Crippen molar-refractivity contribution in [3.05, 3.63) is 148 Å². The molecule has 6 nitrogen and oxygen atoms in total. The van der Waals surface area contributed by atoms with Crippen LogP contribution in [0, 0.1) is 22.7 Å². The van der Waals surface area contributed by atoms with Gasteiger partial charge < -0.3 is 10.6 Å². The van der Waals surface area contributed by atoms with Gasteiger partial charge in [0.2, 0.25) is 0 Å². The third-order valence-corrected chi connectivity index (χ3v) is 8.66. The molecule has 1 aliphatic carbocycles. The molecule has 1 heterocycles. The van der Waals surface area contributed by atoms with Gasteiger partial charge in [0.1, 0.15) is 5.84 Å². The predicted molar refractivity (Wildman–Crippen MR) is 174 cm³/mol. The lowest BCUT2D eigenvalue weighted by molar-refractivity contribution is 0.818. The van der Waals surface area contributed by atoms with Crippen molar-refractivity contribution in [2.24, 2.45) is 15.7 Å². The number of rotatable bonds is 5. The number of nitriles is 2. The lowest BCUT2D eigenvalue weighted by atomic mass is 10.1. The van der Waals surface area contributed by atoms with E-state index in [-0.39, 0.29) is 6.04 Å². The van der Waals surface area contributed by atoms with Crippen molar-refractivity contribution in [1.82, 2.24) is 0 Å². The molecule has 0 bridgehead atoms. The van der Waals surface area contributed by atoms with Gasteiger partial charge in [-0.15, -0.1) is 0 Å². The SMILES string of the molecule is CC(N=C(N=C(N)c1ccc(C#N)cc1)c1ccc(C#N)cc1)c1ccc(N2C3=C(CCC=C3)Sc3ccccc32)cc1. The average Bonchev–Trinajstić information content (AvgIpc) is 3.07. The van der Waals surface area contributed by atoms with E-state index in [2.05, 4.69) is 77.7 Å². The lowest BCUT2D eigenvalue weighted by Gasteiger charge is -2.35. The van der Waals surface area contributed by atoms with E-state index in [0.717, 1.165) is 29.7 Å². The Morgan fingerprint density at radius 1 is 0.860 bits per heavy atom. The lowest BCUT2D eigenvalue weighted by Crippen LogP contribution is -2.21. The highest BCUT2D eigenvalue weighted by Crippen LogP contribution is 2.49. The van der Waals surface area contributed by atoms with Crippen LogP contribution < -0.4 is 10.6 Å². The van der Waals surface area contributed by atoms with Gasteiger partial charge in [0.05, 0.1) is 40.7 Å². The van der Waals surface area contributed by atoms with Crippen molar-refractivity contribution in [2.45, 2.75) is 30.7 Å². The Morgan fingerprint density at radius 3 is 2.19 bits per heavy atom. The van der Waals surface area contributed by atoms with Crippen LogP contribution in [0.4, 0.5) is 11.4 Å². The maximum Gasteiger partial charge on any atom is 0.157 e. The van der Waals surface area contributed by atoms with Crippen LogP contribution in [0.5, 0.6) is 0 Å². The molecule has 0 fully saturated rings. The molecule has 0 aromatic heterocycles. The van der Waals surface area contributed by atoms with Gasteiger partial charge in [-0.3, -0.25) is 4.99 Å². The molecule has 0 saturated carbocycles. The molecule has 1 aliphatic heterocycles. The number of benzene rings is 4. The van der Waals surface area contributed by atoms with Crippen molar-refractivity contribution in [3.63, 3.8) is 0 Å². The minimum Gasteiger partial charge on any atom is -0.383 e. The van der Waals surface area contributed by atoms with E-state index < -0.39 is 0 Å². The van der Waals surface area contributed by atoms with Gasteiger partial charge in [-0.2, -0.15) is 10.5 Å². The van der Waals surface area contributed by atoms with Crippen LogP contribution in [0.1, 0.15) is 53.6 Å². The minimum atomic E-state index is -0.217. The van der Waals surface area contributed by atoms with Gasteiger partial charge in [-0.1, -0.05) is 42.1 Å². The molecule has 7 heteroatoms. The Labute approximate surface area is 255 Å². The molecular weight excluding hydrogens is 549 g/mol. The maximum absolute atomic E-state index is 9.27. The van der Waals surface area contributed by atoms with Crippen molar-refractivity contribution in [3.8, 4) is 12.1 Å². The number of thioether (sulfide) groups is 1. The molecule has 6 rings (SSSR count). The summed E-state index contributed by atoms with van der Waals surface area (Å²) in [4.78, 5) is 14.7. The molecule has 0 spiro atoms. The normalized spacial score (nSPS) is 15.3. The third kappa shape index (κ3) is 5.85. The van der Waals surface area contributed by atoms with E-state index >= 15 is 0 Å². The molecule has 0 amide bonds. The molecule has 4 aromatic rings. The largest absolute Gasteiger partial charge is 0.383 e. The first-order chi connectivity index (χ1) is 21.0. The molecule has 43 heavy (non-hydrogen) atoms. The Morgan fingerprint density at radius 2 is 1.51 bits per heavy atom. The monoisotopic (exact) mass is 576 g/mol. The molecule has 2 N–H and O–H groups in total. The smallest absolute Gasteiger partial charge is 0.157 e. The van der Waals surface area contributed by atoms with Crippen LogP contribution in [-0.2, 0) is 0 Å². The minimum absolute atomic E-state index is 0.217. The van der Waals surface area contributed by atoms with Gasteiger partial charge in [-0.25, -0.2) is 4.99 Å². The van der Waals surface area contributed by atoms with Crippen LogP contribution in [0.2, 0.25) is 0 Å². The number of aliphatic imine (C=N–C) groups is 2. The highest BCUT2D eigenvalue weighted by Gasteiger charge is 2.26. The Kier molecular flexibility index (Phi) is 7.91. The Bertz CT molecular complexity index is 1870. The summed E-state index contributed by atoms with van der Waals surface area (Å²) in [6.45, 7) is 2.03. The summed E-state index contributed by atoms with van der Waals surface area (Å²) < 4.78 is 0. The summed E-state index contributed by atoms with van der Waals surface area (Å²) in [5, 5.41) is 18.4. The number of hydrogen-bond donors (Lipinski definition) is 1. The van der Waals surface area contributed by atoms with Gasteiger partial charge in [0.15, 0.2) is 5.84 Å². The topological polar surface area (TPSA) is 102 Å². The standard InChI is InChI=1S/C36H28N6S/c1-24(40-36(29-16-12-26(23-38)13-17-29)41-35(39)28-14-10-25(22-37)11-15-28)27-18-20-30(21-19-27)42-31-6-2-4-8-33(31)43-34-9-5-3-7-32(34)42/h2-4,6-8,10-21,24H,5,9H2,1H3,(H2,39,40,41). The van der Waals surface area contributed by atoms with Crippen molar-refractivity contribution >= 4 is 34.8 Å². The summed E-state index contributed by atoms with van der Waals surface area (Å²) in [5.74, 6) is 0.758. The third-order valence-electron chi connectivity index (χ3n) is 7.44. The van der Waals surface area contributed by atoms with Crippen LogP contribution in [0.15, 0.2) is 135 Å². The van der Waals surface area contributed by atoms with Crippen molar-refractivity contribution in [2.75, 3.05) is 4.90 Å². The summed E-state index contributed by atoms with van der Waals surface area (Å²) in [6.07, 6.45) is 6.61. The van der Waals surface area contributed by atoms with Crippen LogP contribution in [0.3, 0.4) is 0 Å². The summed E-state index contributed by atoms with van der Waals surface area (Å²) in [6, 6.07) is 35.3. The Hall–Kier alpha value is -5.37. The first-order valence-corrected chi connectivity index (χ1v) is 14.9. The van der Waals surface area contributed by atoms with E-state index in [1.54, 1.807) is 36.4 Å². The number of fused-ring (bicyclic) bond motifs is 1. The number of nitrogens with two attached hydrogens (primary N) is 1. The fourth-order valence-electron chi connectivity index (χ4n) is 5.12. The zero-order valence-corrected chi connectivity index (χ0v) is 24.4. The zero-order valence-electron chi connectivity index (χ0n) is 23.6. The number of para-hydroxylation sites is 1. The molecule has 2 aliphatic rings. The second kappa shape index (κ2) is 12.2. The highest BCUT2D eigenvalue weighted by molar-refractivity contribution is 8.03. The zero-order chi connectivity index (χ0) is 29.8. The number of hydrogen-bond acceptors (Lipinski definition) is 5. The summed E-state index contributed by atoms with van der Waals surface area (Å²) in [7, 11) is 0. The van der Waals surface area contributed by atoms with Crippen LogP contribution >= 0.6 is 11.8 Å². The van der Waals surface area contributed by atoms with Gasteiger partial charge in [-0.05, 0) is 104 Å². The highest BCUT2D eigenvalue weighted by atomic mass is 32.2. The van der Waals surface area contributed by atoms with Gasteiger partial charge in [0, 0.05) is 26.6 Å². The molecule has 0 saturated heterocycles. The molecular formula is C36H28N6S. The molecule has 1 atom stereocenters. The summed E-state index contributed by atoms with van der Waals surface area (Å²) in [5.41, 5.74) is 13.5. The van der Waals surface area contributed by atoms with Gasteiger partial charge in [0.25, 0.3) is 0 Å². The first-order valence-electron chi connectivity index (χ1n) is 14.0. The van der Waals surface area contributed by atoms with E-state index in [1.807, 2.05) is 30.8 Å². The predicted octanol–water partition coefficient (Wildman–Crippen LogP) is 8.15. The molecule has 4 aromatic carbocycles. The van der Waals surface area contributed by atoms with E-state index in [0.29, 0.717) is 28.4 Å². The van der Waals surface area contributed by atoms with Gasteiger partial charge >= 0.3 is 0 Å². The number of allylic oxidation sites excluding steroid dienone is 3. The van der Waals surface area contributed by atoms with E-state index in [1.165, 1.54) is 21.2 Å². The summed E-state index contributed by atoms with van der Waals surface area (Å²) >= 11 is 1.87.